The number of Topliss-reactive ketones (excluding diaryl/α,β-unsaturated/α-hetero) is 1. The largest absolute Gasteiger partial charge is 0.378 e. The van der Waals surface area contributed by atoms with Crippen molar-refractivity contribution >= 4 is 89.5 Å². The summed E-state index contributed by atoms with van der Waals surface area (Å²) in [6, 6.07) is 33.6. The Labute approximate surface area is 409 Å². The Morgan fingerprint density at radius 2 is 1.28 bits per heavy atom. The number of aromatic nitrogens is 2. The molecule has 2 N–H and O–H groups in total. The van der Waals surface area contributed by atoms with Gasteiger partial charge in [-0.3, -0.25) is 9.59 Å². The molecule has 4 aromatic carbocycles. The number of nitrogens with zero attached hydrogens (tertiary/aromatic N) is 4. The molecule has 2 aromatic heterocycles. The van der Waals surface area contributed by atoms with Crippen LogP contribution in [0.5, 0.6) is 0 Å². The van der Waals surface area contributed by atoms with Gasteiger partial charge in [0.15, 0.2) is 5.78 Å². The van der Waals surface area contributed by atoms with Crippen molar-refractivity contribution in [3.63, 3.8) is 0 Å². The van der Waals surface area contributed by atoms with Gasteiger partial charge in [0.05, 0.1) is 25.8 Å². The van der Waals surface area contributed by atoms with Crippen LogP contribution in [0.3, 0.4) is 0 Å². The first-order valence-corrected chi connectivity index (χ1v) is 25.7. The Balaban J connectivity index is 0.715. The molecule has 0 bridgehead atoms. The third-order valence-corrected chi connectivity index (χ3v) is 14.9. The van der Waals surface area contributed by atoms with Gasteiger partial charge < -0.3 is 25.2 Å². The van der Waals surface area contributed by atoms with Crippen LogP contribution in [0.15, 0.2) is 146 Å². The van der Waals surface area contributed by atoms with Crippen molar-refractivity contribution in [1.29, 1.82) is 0 Å². The van der Waals surface area contributed by atoms with Gasteiger partial charge in [-0.25, -0.2) is 0 Å². The highest BCUT2D eigenvalue weighted by molar-refractivity contribution is 7.19. The normalized spacial score (nSPS) is 15.1. The van der Waals surface area contributed by atoms with Crippen LogP contribution in [0.1, 0.15) is 73.0 Å². The van der Waals surface area contributed by atoms with Gasteiger partial charge in [-0.15, -0.1) is 0 Å². The number of nitrogens with one attached hydrogen (secondary N) is 2. The van der Waals surface area contributed by atoms with E-state index in [-0.39, 0.29) is 24.3 Å². The van der Waals surface area contributed by atoms with Crippen molar-refractivity contribution in [1.82, 2.24) is 10.6 Å². The van der Waals surface area contributed by atoms with Crippen LogP contribution in [0.25, 0.3) is 43.7 Å². The molecule has 9 nitrogen and oxygen atoms in total. The Hall–Kier alpha value is -6.24. The third kappa shape index (κ3) is 12.1. The van der Waals surface area contributed by atoms with Crippen LogP contribution in [0.4, 0.5) is 11.4 Å². The number of ketones is 1. The molecule has 0 radical (unpaired) electrons. The summed E-state index contributed by atoms with van der Waals surface area (Å²) >= 11 is 3.58. The Morgan fingerprint density at radius 1 is 0.691 bits per heavy atom. The lowest BCUT2D eigenvalue weighted by Crippen LogP contribution is -2.43. The molecule has 2 aliphatic heterocycles. The number of fused-ring (bicyclic) bond motifs is 4. The molecular weight excluding hydrogens is 881 g/mol. The van der Waals surface area contributed by atoms with Crippen LogP contribution in [0, 0.1) is 0 Å². The van der Waals surface area contributed by atoms with E-state index < -0.39 is 0 Å². The average molecular weight is 945 g/mol. The van der Waals surface area contributed by atoms with E-state index in [1.54, 1.807) is 22.7 Å². The van der Waals surface area contributed by atoms with Gasteiger partial charge >= 0.3 is 0 Å². The van der Waals surface area contributed by atoms with E-state index >= 15 is 0 Å². The first-order valence-electron chi connectivity index (χ1n) is 24.1. The summed E-state index contributed by atoms with van der Waals surface area (Å²) in [6.07, 6.45) is 27.6. The zero-order valence-electron chi connectivity index (χ0n) is 39.6. The van der Waals surface area contributed by atoms with Gasteiger partial charge in [-0.05, 0) is 66.8 Å². The van der Waals surface area contributed by atoms with E-state index in [2.05, 4.69) is 203 Å². The maximum absolute atomic E-state index is 13.8. The maximum atomic E-state index is 13.8. The second-order valence-corrected chi connectivity index (χ2v) is 19.4. The molecule has 350 valence electrons. The number of carbonyl (C=O) groups excluding carboxylic acids is 2. The number of amides is 1. The molecule has 1 unspecified atom stereocenters. The van der Waals surface area contributed by atoms with E-state index in [4.69, 9.17) is 4.74 Å². The van der Waals surface area contributed by atoms with Crippen LogP contribution in [-0.2, 0) is 28.4 Å². The van der Waals surface area contributed by atoms with Gasteiger partial charge in [0.1, 0.15) is 23.5 Å². The van der Waals surface area contributed by atoms with Crippen molar-refractivity contribution in [3.8, 4) is 0 Å². The number of aryl methyl sites for hydroxylation is 2. The van der Waals surface area contributed by atoms with Gasteiger partial charge in [-0.2, -0.15) is 9.13 Å². The lowest BCUT2D eigenvalue weighted by atomic mass is 9.95. The molecule has 1 amide bonds. The highest BCUT2D eigenvalue weighted by atomic mass is 32.1. The van der Waals surface area contributed by atoms with E-state index in [0.717, 1.165) is 61.9 Å². The van der Waals surface area contributed by atoms with Gasteiger partial charge in [-0.1, -0.05) is 134 Å². The molecule has 0 saturated heterocycles. The highest BCUT2D eigenvalue weighted by Gasteiger charge is 2.28. The predicted molar refractivity (Wildman–Crippen MR) is 284 cm³/mol. The van der Waals surface area contributed by atoms with Gasteiger partial charge in [0.25, 0.3) is 10.0 Å². The molecule has 0 saturated carbocycles. The van der Waals surface area contributed by atoms with Crippen molar-refractivity contribution in [2.45, 2.75) is 57.9 Å². The van der Waals surface area contributed by atoms with E-state index in [1.807, 2.05) is 6.07 Å². The van der Waals surface area contributed by atoms with E-state index in [0.29, 0.717) is 32.7 Å². The summed E-state index contributed by atoms with van der Waals surface area (Å²) in [5, 5.41) is 8.71. The number of rotatable bonds is 23. The van der Waals surface area contributed by atoms with E-state index in [9.17, 15) is 9.59 Å². The number of carbonyl (C=O) groups is 2. The van der Waals surface area contributed by atoms with Crippen molar-refractivity contribution in [2.24, 2.45) is 14.1 Å². The fraction of sp³-hybridized carbons (Fsp3) is 0.298. The van der Waals surface area contributed by atoms with Crippen LogP contribution in [-0.4, -0.2) is 57.1 Å². The molecule has 0 aliphatic carbocycles. The second-order valence-electron chi connectivity index (χ2n) is 17.2. The number of hydrogen-bond donors (Lipinski definition) is 2. The van der Waals surface area contributed by atoms with Gasteiger partial charge in [0, 0.05) is 85.2 Å². The minimum absolute atomic E-state index is 0.0551. The summed E-state index contributed by atoms with van der Waals surface area (Å²) in [4.78, 5) is 30.9. The molecule has 11 heteroatoms. The molecule has 2 aliphatic rings. The quantitative estimate of drug-likeness (QED) is 0.0492. The van der Waals surface area contributed by atoms with E-state index in [1.165, 1.54) is 47.3 Å². The average Bonchev–Trinajstić information content (AvgIpc) is 3.87. The van der Waals surface area contributed by atoms with Crippen molar-refractivity contribution in [3.05, 3.63) is 167 Å². The predicted octanol–water partition coefficient (Wildman–Crippen LogP) is 10.7. The molecule has 8 rings (SSSR count). The number of thiazole rings is 2. The zero-order valence-corrected chi connectivity index (χ0v) is 41.2. The summed E-state index contributed by atoms with van der Waals surface area (Å²) in [7, 11) is 4.23. The highest BCUT2D eigenvalue weighted by Crippen LogP contribution is 2.36. The molecule has 68 heavy (non-hydrogen) atoms. The topological polar surface area (TPSA) is 81.7 Å². The monoisotopic (exact) mass is 944 g/mol. The van der Waals surface area contributed by atoms with Crippen molar-refractivity contribution in [2.75, 3.05) is 49.2 Å². The number of allylic oxidation sites excluding steroid dienone is 8. The minimum atomic E-state index is -0.268. The number of para-hydroxylation sites is 4. The molecule has 1 atom stereocenters. The lowest BCUT2D eigenvalue weighted by Gasteiger charge is -2.34. The molecule has 4 heterocycles. The second kappa shape index (κ2) is 24.2. The molecule has 6 aromatic rings. The zero-order chi connectivity index (χ0) is 47.1. The SMILES string of the molecule is CCCCC(C(=O)CNCCOCCNC(=O)CCCCCN1C=CC(=CC=Cc2sc3ccccc3[n+]2C)c2ccccc21)N1C=CC(=CC=Cc2sc3ccccc3[n+]2C)c2ccccc21. The van der Waals surface area contributed by atoms with Crippen molar-refractivity contribution < 1.29 is 23.5 Å². The number of unbranched alkanes of at least 4 members (excludes halogenated alkanes) is 3. The fourth-order valence-electron chi connectivity index (χ4n) is 8.86. The number of anilines is 2. The number of hydrogen-bond acceptors (Lipinski definition) is 8. The number of benzene rings is 4. The third-order valence-electron chi connectivity index (χ3n) is 12.6. The Morgan fingerprint density at radius 3 is 1.94 bits per heavy atom. The number of ether oxygens (including phenoxy) is 1. The molecular formula is C57H64N6O3S2+2. The first kappa shape index (κ1) is 48.2. The summed E-state index contributed by atoms with van der Waals surface area (Å²) < 4.78 is 12.8. The van der Waals surface area contributed by atoms with Crippen LogP contribution >= 0.6 is 22.7 Å². The fourth-order valence-corrected chi connectivity index (χ4v) is 11.0. The summed E-state index contributed by atoms with van der Waals surface area (Å²) in [6.45, 7) is 5.25. The standard InChI is InChI=1S/C57H63N6O3S2/c1-4-5-23-49(63-39-34-44(46-22-9-11-25-48(46)63)20-18-32-57-61(3)51-27-13-15-29-54(51)68-57)52(64)42-58-35-40-66-41-36-59-55(65)30-7-6-16-37-62-38-33-43(45-21-8-10-24-47(45)62)19-17-31-56-60(2)50-26-12-14-28-53(50)67-56/h8-15,17-22,24-29,31-34,38-39,49,58H,4-7,16,23,30,35-37,40-42H2,1-3H3/q+1/p+1. The molecule has 0 spiro atoms. The van der Waals surface area contributed by atoms with Crippen LogP contribution < -0.4 is 29.6 Å². The summed E-state index contributed by atoms with van der Waals surface area (Å²) in [5.74, 6) is 0.218. The smallest absolute Gasteiger partial charge is 0.262 e. The maximum Gasteiger partial charge on any atom is 0.262 e. The Bertz CT molecular complexity index is 2880. The Kier molecular flexibility index (Phi) is 17.1. The lowest BCUT2D eigenvalue weighted by molar-refractivity contribution is -0.642. The first-order chi connectivity index (χ1) is 33.4. The minimum Gasteiger partial charge on any atom is -0.378 e. The van der Waals surface area contributed by atoms with Crippen LogP contribution in [0.2, 0.25) is 0 Å². The van der Waals surface area contributed by atoms with Gasteiger partial charge in [0.2, 0.25) is 16.9 Å². The molecule has 0 fully saturated rings. The summed E-state index contributed by atoms with van der Waals surface area (Å²) in [5.41, 5.74) is 9.39.